The van der Waals surface area contributed by atoms with Gasteiger partial charge in [-0.2, -0.15) is 0 Å². The second-order valence-corrected chi connectivity index (χ2v) is 5.69. The Morgan fingerprint density at radius 2 is 2.09 bits per heavy atom. The van der Waals surface area contributed by atoms with Crippen molar-refractivity contribution in [2.75, 3.05) is 6.54 Å². The van der Waals surface area contributed by atoms with Gasteiger partial charge in [-0.3, -0.25) is 4.79 Å². The molecule has 0 saturated heterocycles. The Hall–Kier alpha value is -2.28. The fraction of sp³-hybridized carbons (Fsp3) is 0.500. The van der Waals surface area contributed by atoms with Crippen LogP contribution in [0.15, 0.2) is 36.7 Å². The van der Waals surface area contributed by atoms with Crippen LogP contribution in [0.25, 0.3) is 0 Å². The summed E-state index contributed by atoms with van der Waals surface area (Å²) in [5.74, 6) is -0.0700. The average molecular weight is 317 g/mol. The number of hydrogen-bond donors (Lipinski definition) is 2. The van der Waals surface area contributed by atoms with E-state index in [-0.39, 0.29) is 18.4 Å². The summed E-state index contributed by atoms with van der Waals surface area (Å²) in [6.07, 6.45) is 2.21. The monoisotopic (exact) mass is 317 g/mol. The SMILES string of the molecule is CCC(C)C(O)CNC(=O)C(Cc1ccccc1)n1cnnn1. The Morgan fingerprint density at radius 1 is 1.35 bits per heavy atom. The molecule has 1 aromatic heterocycles. The van der Waals surface area contributed by atoms with E-state index >= 15 is 0 Å². The second kappa shape index (κ2) is 8.38. The maximum absolute atomic E-state index is 12.5. The third-order valence-electron chi connectivity index (χ3n) is 4.04. The summed E-state index contributed by atoms with van der Waals surface area (Å²) in [5, 5.41) is 23.9. The third-order valence-corrected chi connectivity index (χ3v) is 4.04. The van der Waals surface area contributed by atoms with Crippen molar-refractivity contribution in [2.45, 2.75) is 38.8 Å². The molecule has 0 aliphatic carbocycles. The summed E-state index contributed by atoms with van der Waals surface area (Å²) >= 11 is 0. The lowest BCUT2D eigenvalue weighted by molar-refractivity contribution is -0.125. The van der Waals surface area contributed by atoms with E-state index in [0.717, 1.165) is 12.0 Å². The van der Waals surface area contributed by atoms with Crippen LogP contribution in [0.1, 0.15) is 31.9 Å². The number of aliphatic hydroxyl groups is 1. The molecule has 2 aromatic rings. The fourth-order valence-electron chi connectivity index (χ4n) is 2.25. The summed E-state index contributed by atoms with van der Waals surface area (Å²) in [7, 11) is 0. The van der Waals surface area contributed by atoms with Crippen LogP contribution in [0.2, 0.25) is 0 Å². The topological polar surface area (TPSA) is 92.9 Å². The molecule has 23 heavy (non-hydrogen) atoms. The van der Waals surface area contributed by atoms with Crippen molar-refractivity contribution in [2.24, 2.45) is 5.92 Å². The molecular formula is C16H23N5O2. The maximum Gasteiger partial charge on any atom is 0.245 e. The number of nitrogens with zero attached hydrogens (tertiary/aromatic N) is 4. The Morgan fingerprint density at radius 3 is 2.70 bits per heavy atom. The Labute approximate surface area is 135 Å². The van der Waals surface area contributed by atoms with Crippen LogP contribution >= 0.6 is 0 Å². The van der Waals surface area contributed by atoms with E-state index in [9.17, 15) is 9.90 Å². The normalized spacial score (nSPS) is 14.9. The number of amides is 1. The lowest BCUT2D eigenvalue weighted by Crippen LogP contribution is -2.40. The Bertz CT molecular complexity index is 588. The van der Waals surface area contributed by atoms with Crippen molar-refractivity contribution in [1.82, 2.24) is 25.5 Å². The molecule has 2 rings (SSSR count). The number of nitrogens with one attached hydrogen (secondary N) is 1. The van der Waals surface area contributed by atoms with Crippen LogP contribution in [-0.2, 0) is 11.2 Å². The number of benzene rings is 1. The summed E-state index contributed by atoms with van der Waals surface area (Å²) in [6, 6.07) is 9.15. The average Bonchev–Trinajstić information content (AvgIpc) is 3.11. The van der Waals surface area contributed by atoms with Crippen LogP contribution in [0.5, 0.6) is 0 Å². The minimum Gasteiger partial charge on any atom is -0.391 e. The Kier molecular flexibility index (Phi) is 6.22. The number of aromatic nitrogens is 4. The molecule has 7 heteroatoms. The van der Waals surface area contributed by atoms with E-state index < -0.39 is 12.1 Å². The van der Waals surface area contributed by atoms with E-state index in [2.05, 4.69) is 20.8 Å². The van der Waals surface area contributed by atoms with Crippen molar-refractivity contribution in [3.05, 3.63) is 42.2 Å². The lowest BCUT2D eigenvalue weighted by Gasteiger charge is -2.20. The standard InChI is InChI=1S/C16H23N5O2/c1-3-12(2)15(22)10-17-16(23)14(21-11-18-19-20-21)9-13-7-5-4-6-8-13/h4-8,11-12,14-15,22H,3,9-10H2,1-2H3,(H,17,23). The Balaban J connectivity index is 2.04. The van der Waals surface area contributed by atoms with Gasteiger partial charge in [-0.05, 0) is 21.9 Å². The van der Waals surface area contributed by atoms with Gasteiger partial charge in [-0.25, -0.2) is 4.68 Å². The highest BCUT2D eigenvalue weighted by atomic mass is 16.3. The minimum absolute atomic E-state index is 0.135. The highest BCUT2D eigenvalue weighted by molar-refractivity contribution is 5.80. The van der Waals surface area contributed by atoms with Crippen molar-refractivity contribution in [3.8, 4) is 0 Å². The summed E-state index contributed by atoms with van der Waals surface area (Å²) < 4.78 is 1.44. The molecule has 7 nitrogen and oxygen atoms in total. The van der Waals surface area contributed by atoms with Gasteiger partial charge in [0.05, 0.1) is 6.10 Å². The van der Waals surface area contributed by atoms with Gasteiger partial charge in [0.25, 0.3) is 0 Å². The summed E-state index contributed by atoms with van der Waals surface area (Å²) in [6.45, 7) is 4.19. The van der Waals surface area contributed by atoms with E-state index in [1.807, 2.05) is 44.2 Å². The highest BCUT2D eigenvalue weighted by Gasteiger charge is 2.23. The van der Waals surface area contributed by atoms with Gasteiger partial charge in [-0.15, -0.1) is 5.10 Å². The predicted molar refractivity (Wildman–Crippen MR) is 85.5 cm³/mol. The molecule has 2 N–H and O–H groups in total. The van der Waals surface area contributed by atoms with Crippen LogP contribution in [-0.4, -0.2) is 43.9 Å². The number of hydrogen-bond acceptors (Lipinski definition) is 5. The van der Waals surface area contributed by atoms with Crippen molar-refractivity contribution >= 4 is 5.91 Å². The molecule has 0 spiro atoms. The molecule has 124 valence electrons. The van der Waals surface area contributed by atoms with Gasteiger partial charge in [-0.1, -0.05) is 50.6 Å². The largest absolute Gasteiger partial charge is 0.391 e. The van der Waals surface area contributed by atoms with E-state index in [4.69, 9.17) is 0 Å². The smallest absolute Gasteiger partial charge is 0.245 e. The molecule has 1 amide bonds. The van der Waals surface area contributed by atoms with Crippen LogP contribution in [0.4, 0.5) is 0 Å². The first-order chi connectivity index (χ1) is 11.1. The molecular weight excluding hydrogens is 294 g/mol. The molecule has 0 aliphatic heterocycles. The van der Waals surface area contributed by atoms with Crippen molar-refractivity contribution < 1.29 is 9.90 Å². The number of carbonyl (C=O) groups is 1. The molecule has 1 aromatic carbocycles. The summed E-state index contributed by atoms with van der Waals surface area (Å²) in [4.78, 5) is 12.5. The minimum atomic E-state index is -0.560. The van der Waals surface area contributed by atoms with Crippen LogP contribution in [0.3, 0.4) is 0 Å². The van der Waals surface area contributed by atoms with E-state index in [1.165, 1.54) is 11.0 Å². The molecule has 3 atom stereocenters. The van der Waals surface area contributed by atoms with Gasteiger partial charge in [0, 0.05) is 13.0 Å². The molecule has 0 aliphatic rings. The van der Waals surface area contributed by atoms with Gasteiger partial charge in [0.15, 0.2) is 0 Å². The number of carbonyl (C=O) groups excluding carboxylic acids is 1. The molecule has 3 unspecified atom stereocenters. The number of tetrazole rings is 1. The second-order valence-electron chi connectivity index (χ2n) is 5.69. The number of aliphatic hydroxyl groups excluding tert-OH is 1. The molecule has 0 saturated carbocycles. The first-order valence-electron chi connectivity index (χ1n) is 7.84. The zero-order valence-electron chi connectivity index (χ0n) is 13.5. The van der Waals surface area contributed by atoms with Crippen molar-refractivity contribution in [3.63, 3.8) is 0 Å². The van der Waals surface area contributed by atoms with Gasteiger partial charge in [0.1, 0.15) is 12.4 Å². The lowest BCUT2D eigenvalue weighted by atomic mass is 10.0. The predicted octanol–water partition coefficient (Wildman–Crippen LogP) is 0.980. The number of rotatable bonds is 8. The van der Waals surface area contributed by atoms with Gasteiger partial charge in [0.2, 0.25) is 5.91 Å². The summed E-state index contributed by atoms with van der Waals surface area (Å²) in [5.41, 5.74) is 1.02. The molecule has 0 bridgehead atoms. The maximum atomic E-state index is 12.5. The first-order valence-corrected chi connectivity index (χ1v) is 7.84. The molecule has 0 fully saturated rings. The van der Waals surface area contributed by atoms with E-state index in [1.54, 1.807) is 0 Å². The quantitative estimate of drug-likeness (QED) is 0.757. The van der Waals surface area contributed by atoms with Gasteiger partial charge < -0.3 is 10.4 Å². The van der Waals surface area contributed by atoms with Gasteiger partial charge >= 0.3 is 0 Å². The molecule has 1 heterocycles. The van der Waals surface area contributed by atoms with E-state index in [0.29, 0.717) is 6.42 Å². The zero-order chi connectivity index (χ0) is 16.7. The fourth-order valence-corrected chi connectivity index (χ4v) is 2.25. The highest BCUT2D eigenvalue weighted by Crippen LogP contribution is 2.13. The van der Waals surface area contributed by atoms with Crippen LogP contribution in [0, 0.1) is 5.92 Å². The first kappa shape index (κ1) is 17.1. The van der Waals surface area contributed by atoms with Crippen LogP contribution < -0.4 is 5.32 Å². The van der Waals surface area contributed by atoms with Crippen molar-refractivity contribution in [1.29, 1.82) is 0 Å². The third kappa shape index (κ3) is 4.85. The zero-order valence-corrected chi connectivity index (χ0v) is 13.5. The molecule has 0 radical (unpaired) electrons.